The topological polar surface area (TPSA) is 12.4 Å². The summed E-state index contributed by atoms with van der Waals surface area (Å²) in [5.74, 6) is 0.961. The van der Waals surface area contributed by atoms with Crippen molar-refractivity contribution in [3.05, 3.63) is 76.8 Å². The lowest BCUT2D eigenvalue weighted by Crippen LogP contribution is -1.98. The summed E-state index contributed by atoms with van der Waals surface area (Å²) < 4.78 is 0. The Hall–Kier alpha value is -1.80. The summed E-state index contributed by atoms with van der Waals surface area (Å²) in [4.78, 5) is 4.69. The van der Waals surface area contributed by atoms with Crippen LogP contribution in [0.1, 0.15) is 11.1 Å². The molecule has 2 heteroatoms. The summed E-state index contributed by atoms with van der Waals surface area (Å²) in [6, 6.07) is 20.7. The number of nitrogens with zero attached hydrogens (tertiary/aromatic N) is 1. The van der Waals surface area contributed by atoms with E-state index in [1.54, 1.807) is 11.8 Å². The van der Waals surface area contributed by atoms with Crippen LogP contribution in [0, 0.1) is 0 Å². The van der Waals surface area contributed by atoms with Crippen molar-refractivity contribution in [1.29, 1.82) is 0 Å². The average Bonchev–Trinajstić information content (AvgIpc) is 2.89. The van der Waals surface area contributed by atoms with E-state index >= 15 is 0 Å². The third-order valence-corrected chi connectivity index (χ3v) is 3.72. The molecule has 0 bridgehead atoms. The van der Waals surface area contributed by atoms with Gasteiger partial charge in [-0.25, -0.2) is 4.99 Å². The zero-order valence-electron chi connectivity index (χ0n) is 9.91. The quantitative estimate of drug-likeness (QED) is 0.778. The largest absolute Gasteiger partial charge is 0.245 e. The molecule has 1 aliphatic heterocycles. The molecule has 0 unspecified atom stereocenters. The molecule has 0 atom stereocenters. The minimum Gasteiger partial charge on any atom is -0.245 e. The number of rotatable bonds is 2. The molecule has 0 saturated heterocycles. The van der Waals surface area contributed by atoms with E-state index in [2.05, 4.69) is 42.5 Å². The predicted molar refractivity (Wildman–Crippen MR) is 79.9 cm³/mol. The number of hydrogen-bond donors (Lipinski definition) is 0. The Balaban J connectivity index is 1.86. The Labute approximate surface area is 111 Å². The van der Waals surface area contributed by atoms with Gasteiger partial charge in [0.1, 0.15) is 0 Å². The number of aliphatic imine (C=N–C) groups is 1. The van der Waals surface area contributed by atoms with Gasteiger partial charge in [-0.2, -0.15) is 0 Å². The van der Waals surface area contributed by atoms with Crippen LogP contribution in [0.15, 0.2) is 70.7 Å². The van der Waals surface area contributed by atoms with E-state index in [1.165, 1.54) is 16.8 Å². The second kappa shape index (κ2) is 5.23. The highest BCUT2D eigenvalue weighted by atomic mass is 32.2. The molecule has 3 rings (SSSR count). The lowest BCUT2D eigenvalue weighted by molar-refractivity contribution is 1.52. The maximum atomic E-state index is 4.69. The monoisotopic (exact) mass is 251 g/mol. The standard InChI is InChI=1S/C16H13NS/c1-3-7-13(8-4-1)11-16-17-15(12-18-16)14-9-5-2-6-10-14/h1-11H,12H2/b16-11+. The molecular formula is C16H13NS. The fourth-order valence-electron chi connectivity index (χ4n) is 1.88. The van der Waals surface area contributed by atoms with Gasteiger partial charge in [0.2, 0.25) is 0 Å². The van der Waals surface area contributed by atoms with Gasteiger partial charge in [0.25, 0.3) is 0 Å². The van der Waals surface area contributed by atoms with Crippen LogP contribution in [0.5, 0.6) is 0 Å². The highest BCUT2D eigenvalue weighted by Crippen LogP contribution is 2.28. The molecule has 2 aromatic rings. The molecular weight excluding hydrogens is 238 g/mol. The number of thioether (sulfide) groups is 1. The van der Waals surface area contributed by atoms with Gasteiger partial charge in [-0.15, -0.1) is 0 Å². The van der Waals surface area contributed by atoms with E-state index in [-0.39, 0.29) is 0 Å². The third-order valence-electron chi connectivity index (χ3n) is 2.80. The molecule has 88 valence electrons. The predicted octanol–water partition coefficient (Wildman–Crippen LogP) is 4.22. The minimum atomic E-state index is 0.961. The smallest absolute Gasteiger partial charge is 0.0973 e. The molecule has 0 fully saturated rings. The van der Waals surface area contributed by atoms with Crippen molar-refractivity contribution < 1.29 is 0 Å². The Morgan fingerprint density at radius 1 is 0.889 bits per heavy atom. The molecule has 0 spiro atoms. The van der Waals surface area contributed by atoms with E-state index in [0.717, 1.165) is 10.8 Å². The maximum Gasteiger partial charge on any atom is 0.0973 e. The fraction of sp³-hybridized carbons (Fsp3) is 0.0625. The normalized spacial score (nSPS) is 16.9. The molecule has 18 heavy (non-hydrogen) atoms. The van der Waals surface area contributed by atoms with E-state index in [0.29, 0.717) is 0 Å². The SMILES string of the molecule is C(=C1/N=C(c2ccccc2)CS1)/c1ccccc1. The van der Waals surface area contributed by atoms with E-state index in [4.69, 9.17) is 4.99 Å². The molecule has 0 N–H and O–H groups in total. The first-order valence-corrected chi connectivity index (χ1v) is 6.93. The average molecular weight is 251 g/mol. The zero-order chi connectivity index (χ0) is 12.2. The van der Waals surface area contributed by atoms with Gasteiger partial charge in [0, 0.05) is 5.75 Å². The van der Waals surface area contributed by atoms with Crippen LogP contribution >= 0.6 is 11.8 Å². The van der Waals surface area contributed by atoms with E-state index in [1.807, 2.05) is 24.3 Å². The second-order valence-electron chi connectivity index (χ2n) is 4.11. The van der Waals surface area contributed by atoms with E-state index in [9.17, 15) is 0 Å². The summed E-state index contributed by atoms with van der Waals surface area (Å²) in [6.07, 6.45) is 2.14. The highest BCUT2D eigenvalue weighted by Gasteiger charge is 2.13. The maximum absolute atomic E-state index is 4.69. The van der Waals surface area contributed by atoms with Gasteiger partial charge in [-0.05, 0) is 17.2 Å². The first-order chi connectivity index (χ1) is 8.92. The van der Waals surface area contributed by atoms with Gasteiger partial charge < -0.3 is 0 Å². The van der Waals surface area contributed by atoms with Crippen LogP contribution in [0.2, 0.25) is 0 Å². The molecule has 0 aliphatic carbocycles. The molecule has 2 aromatic carbocycles. The molecule has 0 saturated carbocycles. The number of hydrogen-bond acceptors (Lipinski definition) is 2. The van der Waals surface area contributed by atoms with Gasteiger partial charge >= 0.3 is 0 Å². The van der Waals surface area contributed by atoms with Crippen LogP contribution in [-0.4, -0.2) is 11.5 Å². The van der Waals surface area contributed by atoms with Crippen molar-refractivity contribution in [1.82, 2.24) is 0 Å². The Bertz CT molecular complexity index is 585. The zero-order valence-corrected chi connectivity index (χ0v) is 10.7. The number of benzene rings is 2. The molecule has 1 aliphatic rings. The lowest BCUT2D eigenvalue weighted by Gasteiger charge is -1.96. The van der Waals surface area contributed by atoms with Crippen molar-refractivity contribution >= 4 is 23.5 Å². The van der Waals surface area contributed by atoms with Gasteiger partial charge in [-0.3, -0.25) is 0 Å². The highest BCUT2D eigenvalue weighted by molar-refractivity contribution is 8.04. The van der Waals surface area contributed by atoms with Crippen LogP contribution < -0.4 is 0 Å². The van der Waals surface area contributed by atoms with Gasteiger partial charge in [0.05, 0.1) is 10.7 Å². The second-order valence-corrected chi connectivity index (χ2v) is 5.10. The Kier molecular flexibility index (Phi) is 3.29. The molecule has 0 amide bonds. The van der Waals surface area contributed by atoms with Crippen LogP contribution in [0.25, 0.3) is 6.08 Å². The Morgan fingerprint density at radius 3 is 2.28 bits per heavy atom. The summed E-state index contributed by atoms with van der Waals surface area (Å²) >= 11 is 1.80. The Morgan fingerprint density at radius 2 is 1.56 bits per heavy atom. The first-order valence-electron chi connectivity index (χ1n) is 5.94. The van der Waals surface area contributed by atoms with Crippen molar-refractivity contribution in [2.24, 2.45) is 4.99 Å². The summed E-state index contributed by atoms with van der Waals surface area (Å²) in [5.41, 5.74) is 3.60. The summed E-state index contributed by atoms with van der Waals surface area (Å²) in [7, 11) is 0. The summed E-state index contributed by atoms with van der Waals surface area (Å²) in [5, 5.41) is 1.10. The molecule has 0 aromatic heterocycles. The van der Waals surface area contributed by atoms with Gasteiger partial charge in [0.15, 0.2) is 0 Å². The van der Waals surface area contributed by atoms with Crippen molar-refractivity contribution in [2.75, 3.05) is 5.75 Å². The molecule has 0 radical (unpaired) electrons. The molecule has 1 heterocycles. The van der Waals surface area contributed by atoms with E-state index < -0.39 is 0 Å². The van der Waals surface area contributed by atoms with Crippen molar-refractivity contribution in [3.63, 3.8) is 0 Å². The first kappa shape index (κ1) is 11.3. The van der Waals surface area contributed by atoms with Gasteiger partial charge in [-0.1, -0.05) is 72.4 Å². The van der Waals surface area contributed by atoms with Crippen LogP contribution in [0.4, 0.5) is 0 Å². The van der Waals surface area contributed by atoms with Crippen molar-refractivity contribution in [2.45, 2.75) is 0 Å². The summed E-state index contributed by atoms with van der Waals surface area (Å²) in [6.45, 7) is 0. The van der Waals surface area contributed by atoms with Crippen LogP contribution in [-0.2, 0) is 0 Å². The molecule has 1 nitrogen and oxygen atoms in total. The lowest BCUT2D eigenvalue weighted by atomic mass is 10.1. The fourth-order valence-corrected chi connectivity index (χ4v) is 2.79. The third kappa shape index (κ3) is 2.54. The van der Waals surface area contributed by atoms with Crippen LogP contribution in [0.3, 0.4) is 0 Å². The van der Waals surface area contributed by atoms with Crippen molar-refractivity contribution in [3.8, 4) is 0 Å². The minimum absolute atomic E-state index is 0.961.